The normalized spacial score (nSPS) is 24.9. The molecule has 2 aromatic rings. The van der Waals surface area contributed by atoms with Crippen molar-refractivity contribution in [1.29, 1.82) is 0 Å². The van der Waals surface area contributed by atoms with Gasteiger partial charge in [0.25, 0.3) is 0 Å². The molecular weight excluding hydrogens is 282 g/mol. The summed E-state index contributed by atoms with van der Waals surface area (Å²) < 4.78 is 1.40. The lowest BCUT2D eigenvalue weighted by atomic mass is 9.94. The van der Waals surface area contributed by atoms with Gasteiger partial charge < -0.3 is 5.32 Å². The smallest absolute Gasteiger partial charge is 0.0389 e. The quantitative estimate of drug-likeness (QED) is 0.830. The van der Waals surface area contributed by atoms with Crippen LogP contribution in [-0.4, -0.2) is 17.5 Å². The fourth-order valence-corrected chi connectivity index (χ4v) is 5.21. The largest absolute Gasteiger partial charge is 0.306 e. The lowest BCUT2D eigenvalue weighted by Gasteiger charge is -2.33. The van der Waals surface area contributed by atoms with Gasteiger partial charge in [0, 0.05) is 26.9 Å². The second-order valence-electron chi connectivity index (χ2n) is 5.74. The molecule has 1 aliphatic rings. The minimum Gasteiger partial charge on any atom is -0.306 e. The van der Waals surface area contributed by atoms with Crippen molar-refractivity contribution in [2.24, 2.45) is 0 Å². The van der Waals surface area contributed by atoms with Gasteiger partial charge in [-0.25, -0.2) is 0 Å². The van der Waals surface area contributed by atoms with E-state index in [4.69, 9.17) is 0 Å². The highest BCUT2D eigenvalue weighted by molar-refractivity contribution is 7.99. The summed E-state index contributed by atoms with van der Waals surface area (Å²) in [7, 11) is 0. The van der Waals surface area contributed by atoms with Crippen molar-refractivity contribution in [3.8, 4) is 0 Å². The van der Waals surface area contributed by atoms with Crippen LogP contribution in [0.3, 0.4) is 0 Å². The first-order valence-corrected chi connectivity index (χ1v) is 9.65. The molecule has 1 fully saturated rings. The van der Waals surface area contributed by atoms with Crippen LogP contribution in [0.4, 0.5) is 0 Å². The van der Waals surface area contributed by atoms with E-state index in [0.29, 0.717) is 12.1 Å². The molecule has 20 heavy (non-hydrogen) atoms. The molecule has 0 amide bonds. The topological polar surface area (TPSA) is 12.0 Å². The maximum absolute atomic E-state index is 3.89. The molecular formula is C17H23NS2. The van der Waals surface area contributed by atoms with E-state index in [-0.39, 0.29) is 0 Å². The maximum Gasteiger partial charge on any atom is 0.0389 e. The van der Waals surface area contributed by atoms with Crippen molar-refractivity contribution in [3.05, 3.63) is 35.2 Å². The van der Waals surface area contributed by atoms with Crippen molar-refractivity contribution in [1.82, 2.24) is 5.32 Å². The first-order valence-electron chi connectivity index (χ1n) is 7.55. The standard InChI is InChI=1S/C17H23NS2/c1-12(18-14-8-4-6-10-16(14)19-2)17-11-13-7-3-5-9-15(13)20-17/h3,5,7,9,11-12,14,16,18H,4,6,8,10H2,1-2H3. The van der Waals surface area contributed by atoms with Gasteiger partial charge in [0.15, 0.2) is 0 Å². The number of thioether (sulfide) groups is 1. The van der Waals surface area contributed by atoms with E-state index in [0.717, 1.165) is 5.25 Å². The SMILES string of the molecule is CSC1CCCCC1NC(C)c1cc2ccccc2s1. The van der Waals surface area contributed by atoms with Gasteiger partial charge in [0.1, 0.15) is 0 Å². The number of thiophene rings is 1. The molecule has 1 saturated carbocycles. The van der Waals surface area contributed by atoms with Gasteiger partial charge in [-0.3, -0.25) is 0 Å². The fraction of sp³-hybridized carbons (Fsp3) is 0.529. The van der Waals surface area contributed by atoms with Gasteiger partial charge in [-0.15, -0.1) is 11.3 Å². The second kappa shape index (κ2) is 6.50. The van der Waals surface area contributed by atoms with Gasteiger partial charge in [0.05, 0.1) is 0 Å². The van der Waals surface area contributed by atoms with Crippen molar-refractivity contribution in [3.63, 3.8) is 0 Å². The molecule has 0 spiro atoms. The third-order valence-electron chi connectivity index (χ3n) is 4.34. The molecule has 3 heteroatoms. The van der Waals surface area contributed by atoms with Crippen LogP contribution in [0.25, 0.3) is 10.1 Å². The second-order valence-corrected chi connectivity index (χ2v) is 7.93. The van der Waals surface area contributed by atoms with Crippen LogP contribution in [0.2, 0.25) is 0 Å². The highest BCUT2D eigenvalue weighted by Crippen LogP contribution is 2.32. The van der Waals surface area contributed by atoms with E-state index in [2.05, 4.69) is 48.8 Å². The van der Waals surface area contributed by atoms with Crippen molar-refractivity contribution < 1.29 is 0 Å². The molecule has 1 N–H and O–H groups in total. The van der Waals surface area contributed by atoms with E-state index in [1.165, 1.54) is 40.6 Å². The zero-order valence-corrected chi connectivity index (χ0v) is 13.9. The first-order chi connectivity index (χ1) is 9.78. The lowest BCUT2D eigenvalue weighted by Crippen LogP contribution is -2.41. The Morgan fingerprint density at radius 2 is 2.05 bits per heavy atom. The number of benzene rings is 1. The summed E-state index contributed by atoms with van der Waals surface area (Å²) in [5.41, 5.74) is 0. The number of rotatable bonds is 4. The van der Waals surface area contributed by atoms with E-state index < -0.39 is 0 Å². The third kappa shape index (κ3) is 3.05. The molecule has 1 aromatic carbocycles. The van der Waals surface area contributed by atoms with Gasteiger partial charge in [-0.2, -0.15) is 11.8 Å². The minimum atomic E-state index is 0.463. The van der Waals surface area contributed by atoms with Crippen LogP contribution in [0.15, 0.2) is 30.3 Å². The molecule has 1 aromatic heterocycles. The van der Waals surface area contributed by atoms with E-state index >= 15 is 0 Å². The van der Waals surface area contributed by atoms with E-state index in [1.807, 2.05) is 23.1 Å². The van der Waals surface area contributed by atoms with Crippen LogP contribution in [0, 0.1) is 0 Å². The van der Waals surface area contributed by atoms with Gasteiger partial charge in [0.2, 0.25) is 0 Å². The van der Waals surface area contributed by atoms with Crippen LogP contribution < -0.4 is 5.32 Å². The summed E-state index contributed by atoms with van der Waals surface area (Å²) in [4.78, 5) is 1.47. The number of fused-ring (bicyclic) bond motifs is 1. The van der Waals surface area contributed by atoms with Gasteiger partial charge >= 0.3 is 0 Å². The molecule has 0 saturated heterocycles. The van der Waals surface area contributed by atoms with Crippen LogP contribution in [0.1, 0.15) is 43.5 Å². The maximum atomic E-state index is 3.89. The van der Waals surface area contributed by atoms with Crippen LogP contribution in [0.5, 0.6) is 0 Å². The summed E-state index contributed by atoms with van der Waals surface area (Å²) in [5, 5.41) is 6.06. The molecule has 108 valence electrons. The summed E-state index contributed by atoms with van der Waals surface area (Å²) in [6.45, 7) is 2.32. The fourth-order valence-electron chi connectivity index (χ4n) is 3.19. The average Bonchev–Trinajstić information content (AvgIpc) is 2.92. The zero-order chi connectivity index (χ0) is 13.9. The summed E-state index contributed by atoms with van der Waals surface area (Å²) >= 11 is 3.97. The average molecular weight is 306 g/mol. The first kappa shape index (κ1) is 14.4. The highest BCUT2D eigenvalue weighted by Gasteiger charge is 2.25. The third-order valence-corrected chi connectivity index (χ3v) is 6.81. The summed E-state index contributed by atoms with van der Waals surface area (Å²) in [6, 6.07) is 12.2. The molecule has 1 nitrogen and oxygen atoms in total. The van der Waals surface area contributed by atoms with Crippen molar-refractivity contribution in [2.75, 3.05) is 6.26 Å². The molecule has 1 heterocycles. The van der Waals surface area contributed by atoms with Gasteiger partial charge in [-0.05, 0) is 43.5 Å². The number of hydrogen-bond acceptors (Lipinski definition) is 3. The molecule has 3 unspecified atom stereocenters. The van der Waals surface area contributed by atoms with Crippen molar-refractivity contribution >= 4 is 33.2 Å². The summed E-state index contributed by atoms with van der Waals surface area (Å²) in [6.07, 6.45) is 7.75. The Balaban J connectivity index is 1.73. The Morgan fingerprint density at radius 3 is 2.85 bits per heavy atom. The molecule has 3 rings (SSSR count). The predicted molar refractivity (Wildman–Crippen MR) is 92.9 cm³/mol. The lowest BCUT2D eigenvalue weighted by molar-refractivity contribution is 0.358. The monoisotopic (exact) mass is 305 g/mol. The molecule has 0 bridgehead atoms. The Hall–Kier alpha value is -0.510. The Bertz CT molecular complexity index is 530. The van der Waals surface area contributed by atoms with Crippen molar-refractivity contribution in [2.45, 2.75) is 49.9 Å². The molecule has 0 aliphatic heterocycles. The van der Waals surface area contributed by atoms with Crippen LogP contribution >= 0.6 is 23.1 Å². The number of nitrogens with one attached hydrogen (secondary N) is 1. The summed E-state index contributed by atoms with van der Waals surface area (Å²) in [5.74, 6) is 0. The molecule has 1 aliphatic carbocycles. The highest BCUT2D eigenvalue weighted by atomic mass is 32.2. The van der Waals surface area contributed by atoms with E-state index in [9.17, 15) is 0 Å². The number of hydrogen-bond donors (Lipinski definition) is 1. The molecule has 0 radical (unpaired) electrons. The Labute approximate surface area is 130 Å². The van der Waals surface area contributed by atoms with Crippen LogP contribution in [-0.2, 0) is 0 Å². The van der Waals surface area contributed by atoms with Gasteiger partial charge in [-0.1, -0.05) is 31.0 Å². The zero-order valence-electron chi connectivity index (χ0n) is 12.3. The van der Waals surface area contributed by atoms with E-state index in [1.54, 1.807) is 0 Å². The molecule has 3 atom stereocenters. The predicted octanol–water partition coefficient (Wildman–Crippen LogP) is 5.23. The Morgan fingerprint density at radius 1 is 1.25 bits per heavy atom. The Kier molecular flexibility index (Phi) is 4.69. The minimum absolute atomic E-state index is 0.463.